The van der Waals surface area contributed by atoms with Gasteiger partial charge in [-0.25, -0.2) is 0 Å². The predicted molar refractivity (Wildman–Crippen MR) is 90.6 cm³/mol. The molecule has 0 saturated heterocycles. The molecule has 23 heavy (non-hydrogen) atoms. The summed E-state index contributed by atoms with van der Waals surface area (Å²) in [4.78, 5) is 12.8. The lowest BCUT2D eigenvalue weighted by Crippen LogP contribution is -2.44. The number of aryl methyl sites for hydroxylation is 2. The number of hydrogen-bond donors (Lipinski definition) is 3. The van der Waals surface area contributed by atoms with E-state index in [0.29, 0.717) is 0 Å². The second-order valence-electron chi connectivity index (χ2n) is 5.93. The van der Waals surface area contributed by atoms with Crippen molar-refractivity contribution in [2.75, 3.05) is 13.2 Å². The molecule has 0 radical (unpaired) electrons. The standard InChI is InChI=1S/C19H23NO3/c1-13-11-16(12-14(2)17(13)22)19(3,18(23)20-9-10-21)15-7-5-4-6-8-15/h4-8,11-12,21-22H,9-10H2,1-3H3,(H,20,23). The van der Waals surface area contributed by atoms with Crippen molar-refractivity contribution in [3.8, 4) is 5.75 Å². The molecule has 0 heterocycles. The van der Waals surface area contributed by atoms with E-state index in [0.717, 1.165) is 22.3 Å². The number of aliphatic hydroxyl groups excluding tert-OH is 1. The van der Waals surface area contributed by atoms with E-state index in [1.165, 1.54) is 0 Å². The van der Waals surface area contributed by atoms with E-state index in [-0.39, 0.29) is 24.8 Å². The molecular formula is C19H23NO3. The molecule has 4 nitrogen and oxygen atoms in total. The SMILES string of the molecule is Cc1cc(C(C)(C(=O)NCCO)c2ccccc2)cc(C)c1O. The lowest BCUT2D eigenvalue weighted by atomic mass is 9.74. The summed E-state index contributed by atoms with van der Waals surface area (Å²) in [7, 11) is 0. The lowest BCUT2D eigenvalue weighted by molar-refractivity contribution is -0.125. The van der Waals surface area contributed by atoms with Crippen LogP contribution in [-0.4, -0.2) is 29.3 Å². The van der Waals surface area contributed by atoms with Crippen molar-refractivity contribution >= 4 is 5.91 Å². The second-order valence-corrected chi connectivity index (χ2v) is 5.93. The fraction of sp³-hybridized carbons (Fsp3) is 0.316. The zero-order valence-electron chi connectivity index (χ0n) is 13.8. The fourth-order valence-electron chi connectivity index (χ4n) is 2.79. The Balaban J connectivity index is 2.61. The maximum atomic E-state index is 12.8. The minimum absolute atomic E-state index is 0.107. The van der Waals surface area contributed by atoms with Crippen LogP contribution >= 0.6 is 0 Å². The molecule has 0 aliphatic rings. The van der Waals surface area contributed by atoms with Crippen LogP contribution in [0.25, 0.3) is 0 Å². The number of phenolic OH excluding ortho intramolecular Hbond substituents is 1. The molecule has 0 spiro atoms. The highest BCUT2D eigenvalue weighted by Crippen LogP contribution is 2.36. The van der Waals surface area contributed by atoms with Crippen LogP contribution in [0.3, 0.4) is 0 Å². The van der Waals surface area contributed by atoms with Gasteiger partial charge in [-0.3, -0.25) is 4.79 Å². The van der Waals surface area contributed by atoms with Gasteiger partial charge in [0.05, 0.1) is 12.0 Å². The first-order valence-corrected chi connectivity index (χ1v) is 7.66. The Labute approximate surface area is 136 Å². The predicted octanol–water partition coefficient (Wildman–Crippen LogP) is 2.42. The molecule has 1 amide bonds. The van der Waals surface area contributed by atoms with Gasteiger partial charge in [0, 0.05) is 6.54 Å². The van der Waals surface area contributed by atoms with Crippen LogP contribution in [-0.2, 0) is 10.2 Å². The number of rotatable bonds is 5. The van der Waals surface area contributed by atoms with Crippen LogP contribution in [0, 0.1) is 13.8 Å². The van der Waals surface area contributed by atoms with Gasteiger partial charge in [0.25, 0.3) is 0 Å². The largest absolute Gasteiger partial charge is 0.507 e. The quantitative estimate of drug-likeness (QED) is 0.794. The maximum absolute atomic E-state index is 12.8. The Morgan fingerprint density at radius 2 is 1.65 bits per heavy atom. The molecule has 3 N–H and O–H groups in total. The first-order valence-electron chi connectivity index (χ1n) is 7.66. The maximum Gasteiger partial charge on any atom is 0.234 e. The van der Waals surface area contributed by atoms with Crippen LogP contribution in [0.4, 0.5) is 0 Å². The molecule has 122 valence electrons. The Morgan fingerprint density at radius 3 is 2.17 bits per heavy atom. The van der Waals surface area contributed by atoms with Gasteiger partial charge >= 0.3 is 0 Å². The van der Waals surface area contributed by atoms with Crippen LogP contribution < -0.4 is 5.32 Å². The smallest absolute Gasteiger partial charge is 0.234 e. The summed E-state index contributed by atoms with van der Waals surface area (Å²) in [6, 6.07) is 13.2. The molecule has 0 saturated carbocycles. The van der Waals surface area contributed by atoms with Gasteiger partial charge in [-0.2, -0.15) is 0 Å². The van der Waals surface area contributed by atoms with Gasteiger partial charge in [-0.1, -0.05) is 42.5 Å². The van der Waals surface area contributed by atoms with Gasteiger partial charge in [-0.05, 0) is 43.0 Å². The van der Waals surface area contributed by atoms with E-state index < -0.39 is 5.41 Å². The van der Waals surface area contributed by atoms with Gasteiger partial charge < -0.3 is 15.5 Å². The van der Waals surface area contributed by atoms with Crippen molar-refractivity contribution in [1.82, 2.24) is 5.32 Å². The molecule has 1 atom stereocenters. The summed E-state index contributed by atoms with van der Waals surface area (Å²) >= 11 is 0. The van der Waals surface area contributed by atoms with Gasteiger partial charge in [-0.15, -0.1) is 0 Å². The average molecular weight is 313 g/mol. The van der Waals surface area contributed by atoms with Crippen molar-refractivity contribution in [2.45, 2.75) is 26.2 Å². The topological polar surface area (TPSA) is 69.6 Å². The zero-order valence-corrected chi connectivity index (χ0v) is 13.8. The number of benzene rings is 2. The van der Waals surface area contributed by atoms with Gasteiger partial charge in [0.2, 0.25) is 5.91 Å². The number of aliphatic hydroxyl groups is 1. The van der Waals surface area contributed by atoms with E-state index in [2.05, 4.69) is 5.32 Å². The fourth-order valence-corrected chi connectivity index (χ4v) is 2.79. The molecule has 4 heteroatoms. The molecule has 2 rings (SSSR count). The zero-order chi connectivity index (χ0) is 17.0. The summed E-state index contributed by atoms with van der Waals surface area (Å²) in [5.41, 5.74) is 2.24. The third-order valence-corrected chi connectivity index (χ3v) is 4.27. The highest BCUT2D eigenvalue weighted by Gasteiger charge is 2.37. The summed E-state index contributed by atoms with van der Waals surface area (Å²) < 4.78 is 0. The molecule has 0 aromatic heterocycles. The number of aromatic hydroxyl groups is 1. The Bertz CT molecular complexity index is 674. The summed E-state index contributed by atoms with van der Waals surface area (Å²) in [5, 5.41) is 21.8. The number of phenols is 1. The lowest BCUT2D eigenvalue weighted by Gasteiger charge is -2.30. The number of carbonyl (C=O) groups is 1. The normalized spacial score (nSPS) is 13.4. The number of hydrogen-bond acceptors (Lipinski definition) is 3. The number of nitrogens with one attached hydrogen (secondary N) is 1. The first kappa shape index (κ1) is 17.0. The molecule has 2 aromatic carbocycles. The van der Waals surface area contributed by atoms with E-state index >= 15 is 0 Å². The number of carbonyl (C=O) groups excluding carboxylic acids is 1. The van der Waals surface area contributed by atoms with Crippen LogP contribution in [0.2, 0.25) is 0 Å². The molecule has 0 aliphatic carbocycles. The van der Waals surface area contributed by atoms with Gasteiger partial charge in [0.1, 0.15) is 5.75 Å². The average Bonchev–Trinajstić information content (AvgIpc) is 2.57. The van der Waals surface area contributed by atoms with E-state index in [1.54, 1.807) is 0 Å². The van der Waals surface area contributed by atoms with E-state index in [1.807, 2.05) is 63.2 Å². The summed E-state index contributed by atoms with van der Waals surface area (Å²) in [6.07, 6.45) is 0. The van der Waals surface area contributed by atoms with Crippen molar-refractivity contribution in [2.24, 2.45) is 0 Å². The molecule has 2 aromatic rings. The Kier molecular flexibility index (Phi) is 5.06. The number of amides is 1. The minimum atomic E-state index is -0.903. The van der Waals surface area contributed by atoms with Crippen LogP contribution in [0.15, 0.2) is 42.5 Å². The molecule has 0 bridgehead atoms. The molecular weight excluding hydrogens is 290 g/mol. The van der Waals surface area contributed by atoms with Crippen LogP contribution in [0.5, 0.6) is 5.75 Å². The third kappa shape index (κ3) is 3.22. The van der Waals surface area contributed by atoms with Crippen molar-refractivity contribution in [3.63, 3.8) is 0 Å². The summed E-state index contributed by atoms with van der Waals surface area (Å²) in [5.74, 6) is 0.0715. The minimum Gasteiger partial charge on any atom is -0.507 e. The molecule has 0 aliphatic heterocycles. The van der Waals surface area contributed by atoms with Crippen molar-refractivity contribution in [3.05, 3.63) is 64.7 Å². The van der Waals surface area contributed by atoms with E-state index in [9.17, 15) is 9.90 Å². The first-order chi connectivity index (χ1) is 10.9. The third-order valence-electron chi connectivity index (χ3n) is 4.27. The monoisotopic (exact) mass is 313 g/mol. The Hall–Kier alpha value is -2.33. The second kappa shape index (κ2) is 6.84. The highest BCUT2D eigenvalue weighted by atomic mass is 16.3. The Morgan fingerprint density at radius 1 is 1.09 bits per heavy atom. The highest BCUT2D eigenvalue weighted by molar-refractivity contribution is 5.91. The van der Waals surface area contributed by atoms with Crippen molar-refractivity contribution < 1.29 is 15.0 Å². The summed E-state index contributed by atoms with van der Waals surface area (Å²) in [6.45, 7) is 5.60. The van der Waals surface area contributed by atoms with Gasteiger partial charge in [0.15, 0.2) is 0 Å². The van der Waals surface area contributed by atoms with Crippen molar-refractivity contribution in [1.29, 1.82) is 0 Å². The van der Waals surface area contributed by atoms with Crippen LogP contribution in [0.1, 0.15) is 29.2 Å². The molecule has 0 fully saturated rings. The molecule has 1 unspecified atom stereocenters. The van der Waals surface area contributed by atoms with E-state index in [4.69, 9.17) is 5.11 Å².